The largest absolute Gasteiger partial charge is 0.497 e. The molecule has 2 heterocycles. The van der Waals surface area contributed by atoms with Crippen molar-refractivity contribution in [2.75, 3.05) is 28.4 Å². The normalized spacial score (nSPS) is 12.2. The van der Waals surface area contributed by atoms with E-state index in [9.17, 15) is 21.9 Å². The summed E-state index contributed by atoms with van der Waals surface area (Å²) in [6, 6.07) is 32.1. The highest BCUT2D eigenvalue weighted by Crippen LogP contribution is 2.26. The number of benzene rings is 4. The number of methoxy groups -OCH3 is 4. The predicted molar refractivity (Wildman–Crippen MR) is 227 cm³/mol. The molecule has 15 nitrogen and oxygen atoms in total. The highest BCUT2D eigenvalue weighted by atomic mass is 32.2. The number of aliphatic hydroxyl groups is 1. The van der Waals surface area contributed by atoms with E-state index < -0.39 is 26.2 Å². The molecule has 1 unspecified atom stereocenters. The van der Waals surface area contributed by atoms with Gasteiger partial charge in [0.1, 0.15) is 23.0 Å². The van der Waals surface area contributed by atoms with Crippen LogP contribution in [-0.2, 0) is 60.3 Å². The number of hydrogen-bond acceptors (Lipinski definition) is 11. The lowest BCUT2D eigenvalue weighted by Gasteiger charge is -2.21. The van der Waals surface area contributed by atoms with Crippen molar-refractivity contribution in [3.63, 3.8) is 0 Å². The van der Waals surface area contributed by atoms with E-state index in [0.717, 1.165) is 33.8 Å². The lowest BCUT2D eigenvalue weighted by atomic mass is 10.2. The SMILES string of the molecule is CCC(O)c1cc(S(=O)(=O)N(Cc2ccc(OC)cc2)Cc2ccc(OC)cc2)nn1C.COc1ccc(CN(Cc2ccc(OC)cc2)S(=O)(=O)c2ccn(C)n2)cc1. The summed E-state index contributed by atoms with van der Waals surface area (Å²) in [5.41, 5.74) is 3.79. The molecule has 60 heavy (non-hydrogen) atoms. The maximum Gasteiger partial charge on any atom is 0.263 e. The first kappa shape index (κ1) is 45.4. The molecule has 0 amide bonds. The van der Waals surface area contributed by atoms with Gasteiger partial charge in [0.05, 0.1) is 40.2 Å². The number of aromatic nitrogens is 4. The van der Waals surface area contributed by atoms with Crippen molar-refractivity contribution in [3.05, 3.63) is 143 Å². The molecule has 0 aliphatic carbocycles. The average Bonchev–Trinajstić information content (AvgIpc) is 3.90. The quantitative estimate of drug-likeness (QED) is 0.106. The van der Waals surface area contributed by atoms with Crippen LogP contribution in [0.25, 0.3) is 0 Å². The fourth-order valence-electron chi connectivity index (χ4n) is 6.09. The number of nitrogens with zero attached hydrogens (tertiary/aromatic N) is 6. The van der Waals surface area contributed by atoms with Gasteiger partial charge in [-0.1, -0.05) is 55.5 Å². The predicted octanol–water partition coefficient (Wildman–Crippen LogP) is 6.10. The Morgan fingerprint density at radius 1 is 0.550 bits per heavy atom. The summed E-state index contributed by atoms with van der Waals surface area (Å²) in [6.45, 7) is 2.57. The van der Waals surface area contributed by atoms with E-state index in [-0.39, 0.29) is 36.2 Å². The van der Waals surface area contributed by atoms with Crippen LogP contribution in [0.3, 0.4) is 0 Å². The van der Waals surface area contributed by atoms with E-state index in [1.165, 1.54) is 30.1 Å². The third kappa shape index (κ3) is 11.5. The van der Waals surface area contributed by atoms with E-state index in [1.54, 1.807) is 73.0 Å². The van der Waals surface area contributed by atoms with Gasteiger partial charge in [-0.3, -0.25) is 9.36 Å². The highest BCUT2D eigenvalue weighted by Gasteiger charge is 2.30. The van der Waals surface area contributed by atoms with Gasteiger partial charge in [-0.15, -0.1) is 0 Å². The van der Waals surface area contributed by atoms with Gasteiger partial charge in [0.25, 0.3) is 20.0 Å². The Morgan fingerprint density at radius 3 is 1.17 bits per heavy atom. The number of sulfonamides is 2. The zero-order valence-electron chi connectivity index (χ0n) is 34.8. The van der Waals surface area contributed by atoms with Crippen LogP contribution < -0.4 is 18.9 Å². The Kier molecular flexibility index (Phi) is 15.5. The molecule has 0 saturated carbocycles. The molecule has 1 N–H and O–H groups in total. The first-order valence-corrected chi connectivity index (χ1v) is 21.8. The summed E-state index contributed by atoms with van der Waals surface area (Å²) in [4.78, 5) is 0. The Balaban J connectivity index is 0.000000230. The molecule has 6 aromatic rings. The minimum absolute atomic E-state index is 0.0250. The second-order valence-electron chi connectivity index (χ2n) is 13.7. The van der Waals surface area contributed by atoms with Gasteiger partial charge < -0.3 is 24.1 Å². The average molecular weight is 861 g/mol. The summed E-state index contributed by atoms with van der Waals surface area (Å²) >= 11 is 0. The van der Waals surface area contributed by atoms with Gasteiger partial charge in [0.15, 0.2) is 10.1 Å². The molecule has 0 spiro atoms. The van der Waals surface area contributed by atoms with Crippen molar-refractivity contribution in [2.24, 2.45) is 14.1 Å². The van der Waals surface area contributed by atoms with Gasteiger partial charge in [0.2, 0.25) is 0 Å². The second-order valence-corrected chi connectivity index (χ2v) is 17.5. The first-order chi connectivity index (χ1) is 28.7. The maximum atomic E-state index is 13.6. The smallest absolute Gasteiger partial charge is 0.263 e. The Bertz CT molecular complexity index is 2390. The zero-order valence-corrected chi connectivity index (χ0v) is 36.4. The van der Waals surface area contributed by atoms with Crippen LogP contribution in [0, 0.1) is 0 Å². The molecule has 4 aromatic carbocycles. The molecule has 0 aliphatic rings. The van der Waals surface area contributed by atoms with Gasteiger partial charge in [-0.2, -0.15) is 18.8 Å². The molecule has 6 rings (SSSR count). The van der Waals surface area contributed by atoms with Crippen LogP contribution in [0.4, 0.5) is 0 Å². The molecular weight excluding hydrogens is 809 g/mol. The van der Waals surface area contributed by atoms with Crippen LogP contribution in [0.2, 0.25) is 0 Å². The lowest BCUT2D eigenvalue weighted by molar-refractivity contribution is 0.164. The highest BCUT2D eigenvalue weighted by molar-refractivity contribution is 7.89. The molecule has 0 saturated heterocycles. The number of aliphatic hydroxyl groups excluding tert-OH is 1. The molecule has 0 fully saturated rings. The van der Waals surface area contributed by atoms with Gasteiger partial charge >= 0.3 is 0 Å². The molecule has 2 aromatic heterocycles. The van der Waals surface area contributed by atoms with Crippen molar-refractivity contribution in [1.82, 2.24) is 28.2 Å². The van der Waals surface area contributed by atoms with E-state index in [0.29, 0.717) is 23.6 Å². The lowest BCUT2D eigenvalue weighted by Crippen LogP contribution is -2.30. The zero-order chi connectivity index (χ0) is 43.5. The van der Waals surface area contributed by atoms with Crippen molar-refractivity contribution < 1.29 is 40.9 Å². The molecule has 1 atom stereocenters. The number of hydrogen-bond donors (Lipinski definition) is 1. The van der Waals surface area contributed by atoms with Crippen LogP contribution in [0.1, 0.15) is 47.4 Å². The molecular formula is C43H52N6O9S2. The second kappa shape index (κ2) is 20.5. The summed E-state index contributed by atoms with van der Waals surface area (Å²) in [7, 11) is 1.96. The molecule has 0 bridgehead atoms. The van der Waals surface area contributed by atoms with Crippen molar-refractivity contribution in [1.29, 1.82) is 0 Å². The van der Waals surface area contributed by atoms with Crippen molar-refractivity contribution >= 4 is 20.0 Å². The van der Waals surface area contributed by atoms with E-state index >= 15 is 0 Å². The van der Waals surface area contributed by atoms with Crippen LogP contribution >= 0.6 is 0 Å². The van der Waals surface area contributed by atoms with Crippen LogP contribution in [-0.4, -0.2) is 78.6 Å². The topological polar surface area (TPSA) is 168 Å². The third-order valence-electron chi connectivity index (χ3n) is 9.59. The van der Waals surface area contributed by atoms with Gasteiger partial charge in [0, 0.05) is 52.5 Å². The monoisotopic (exact) mass is 860 g/mol. The molecule has 320 valence electrons. The number of ether oxygens (including phenoxy) is 4. The van der Waals surface area contributed by atoms with Crippen molar-refractivity contribution in [2.45, 2.75) is 55.7 Å². The molecule has 0 radical (unpaired) electrons. The first-order valence-electron chi connectivity index (χ1n) is 18.9. The summed E-state index contributed by atoms with van der Waals surface area (Å²) in [5, 5.41) is 18.4. The maximum absolute atomic E-state index is 13.6. The van der Waals surface area contributed by atoms with Crippen molar-refractivity contribution in [3.8, 4) is 23.0 Å². The van der Waals surface area contributed by atoms with E-state index in [1.807, 2.05) is 79.7 Å². The molecule has 0 aliphatic heterocycles. The fraction of sp³-hybridized carbons (Fsp3) is 0.302. The summed E-state index contributed by atoms with van der Waals surface area (Å²) in [6.07, 6.45) is 1.29. The standard InChI is InChI=1S/C23H29N3O5S.C20H23N3O4S/c1-5-22(27)21-14-23(24-25(21)2)32(28,29)26(15-17-6-10-19(30-3)11-7-17)16-18-8-12-20(31-4)13-9-18;1-22-13-12-20(21-22)28(24,25)23(14-16-4-8-18(26-2)9-5-16)15-17-6-10-19(27-3)11-7-17/h6-14,22,27H,5,15-16H2,1-4H3;4-13H,14-15H2,1-3H3. The van der Waals surface area contributed by atoms with Gasteiger partial charge in [-0.25, -0.2) is 16.8 Å². The van der Waals surface area contributed by atoms with Crippen LogP contribution in [0.5, 0.6) is 23.0 Å². The third-order valence-corrected chi connectivity index (χ3v) is 12.9. The van der Waals surface area contributed by atoms with Gasteiger partial charge in [-0.05, 0) is 83.3 Å². The minimum atomic E-state index is -3.94. The number of aryl methyl sites for hydroxylation is 2. The Hall–Kier alpha value is -5.72. The van der Waals surface area contributed by atoms with Crippen LogP contribution in [0.15, 0.2) is 125 Å². The summed E-state index contributed by atoms with van der Waals surface area (Å²) < 4.78 is 80.0. The number of rotatable bonds is 18. The molecule has 17 heteroatoms. The Morgan fingerprint density at radius 2 is 0.883 bits per heavy atom. The minimum Gasteiger partial charge on any atom is -0.497 e. The fourth-order valence-corrected chi connectivity index (χ4v) is 8.85. The Labute approximate surface area is 352 Å². The summed E-state index contributed by atoms with van der Waals surface area (Å²) in [5.74, 6) is 2.83. The van der Waals surface area contributed by atoms with E-state index in [4.69, 9.17) is 18.9 Å². The van der Waals surface area contributed by atoms with E-state index in [2.05, 4.69) is 10.2 Å².